The maximum absolute atomic E-state index is 12.0. The van der Waals surface area contributed by atoms with Crippen LogP contribution in [0.1, 0.15) is 12.5 Å². The number of nitrogens with zero attached hydrogens (tertiary/aromatic N) is 1. The monoisotopic (exact) mass is 325 g/mol. The van der Waals surface area contributed by atoms with Gasteiger partial charge in [-0.15, -0.1) is 0 Å². The lowest BCUT2D eigenvalue weighted by atomic mass is 10.2. The number of rotatable bonds is 3. The van der Waals surface area contributed by atoms with Crippen molar-refractivity contribution in [1.82, 2.24) is 10.2 Å². The highest BCUT2D eigenvalue weighted by atomic mass is 79.9. The number of anilines is 1. The van der Waals surface area contributed by atoms with Gasteiger partial charge in [0.15, 0.2) is 0 Å². The van der Waals surface area contributed by atoms with Crippen molar-refractivity contribution in [3.8, 4) is 0 Å². The van der Waals surface area contributed by atoms with Crippen molar-refractivity contribution in [3.05, 3.63) is 28.2 Å². The van der Waals surface area contributed by atoms with E-state index in [4.69, 9.17) is 0 Å². The molecule has 0 spiro atoms. The Morgan fingerprint density at radius 2 is 2.37 bits per heavy atom. The van der Waals surface area contributed by atoms with E-state index in [1.54, 1.807) is 0 Å². The summed E-state index contributed by atoms with van der Waals surface area (Å²) >= 11 is 3.47. The molecule has 1 aliphatic rings. The van der Waals surface area contributed by atoms with E-state index in [0.29, 0.717) is 12.6 Å². The first-order valence-electron chi connectivity index (χ1n) is 6.56. The Bertz CT molecular complexity index is 464. The van der Waals surface area contributed by atoms with Crippen molar-refractivity contribution in [3.63, 3.8) is 0 Å². The van der Waals surface area contributed by atoms with Gasteiger partial charge in [-0.25, -0.2) is 0 Å². The van der Waals surface area contributed by atoms with Gasteiger partial charge in [0.2, 0.25) is 5.91 Å². The zero-order valence-corrected chi connectivity index (χ0v) is 13.0. The van der Waals surface area contributed by atoms with Crippen LogP contribution in [0.25, 0.3) is 0 Å². The van der Waals surface area contributed by atoms with Crippen molar-refractivity contribution >= 4 is 27.5 Å². The third kappa shape index (κ3) is 4.30. The molecule has 1 amide bonds. The van der Waals surface area contributed by atoms with Crippen molar-refractivity contribution < 1.29 is 4.79 Å². The third-order valence-electron chi connectivity index (χ3n) is 3.22. The minimum Gasteiger partial charge on any atom is -0.324 e. The quantitative estimate of drug-likeness (QED) is 0.893. The van der Waals surface area contributed by atoms with Crippen LogP contribution in [0, 0.1) is 6.92 Å². The van der Waals surface area contributed by atoms with Gasteiger partial charge in [-0.3, -0.25) is 9.69 Å². The highest BCUT2D eigenvalue weighted by Crippen LogP contribution is 2.23. The molecule has 0 bridgehead atoms. The second kappa shape index (κ2) is 6.50. The molecular weight excluding hydrogens is 306 g/mol. The van der Waals surface area contributed by atoms with Crippen molar-refractivity contribution in [2.45, 2.75) is 19.9 Å². The highest BCUT2D eigenvalue weighted by Gasteiger charge is 2.18. The van der Waals surface area contributed by atoms with Gasteiger partial charge >= 0.3 is 0 Å². The molecule has 1 fully saturated rings. The van der Waals surface area contributed by atoms with E-state index in [0.717, 1.165) is 29.8 Å². The van der Waals surface area contributed by atoms with Crippen LogP contribution in [0.4, 0.5) is 5.69 Å². The molecular formula is C14H20BrN3O. The summed E-state index contributed by atoms with van der Waals surface area (Å²) in [5.41, 5.74) is 2.00. The molecule has 1 aromatic carbocycles. The molecule has 0 unspecified atom stereocenters. The van der Waals surface area contributed by atoms with Gasteiger partial charge < -0.3 is 10.6 Å². The molecule has 4 nitrogen and oxygen atoms in total. The Kier molecular flexibility index (Phi) is 4.96. The molecule has 1 saturated heterocycles. The lowest BCUT2D eigenvalue weighted by molar-refractivity contribution is -0.117. The second-order valence-corrected chi connectivity index (χ2v) is 5.98. The van der Waals surface area contributed by atoms with Crippen molar-refractivity contribution in [2.75, 3.05) is 31.5 Å². The van der Waals surface area contributed by atoms with Crippen LogP contribution in [0.3, 0.4) is 0 Å². The van der Waals surface area contributed by atoms with Crippen molar-refractivity contribution in [1.29, 1.82) is 0 Å². The minimum absolute atomic E-state index is 0.0404. The highest BCUT2D eigenvalue weighted by molar-refractivity contribution is 9.10. The molecule has 2 rings (SSSR count). The molecule has 0 radical (unpaired) electrons. The number of hydrogen-bond donors (Lipinski definition) is 2. The molecule has 1 aromatic rings. The predicted molar refractivity (Wildman–Crippen MR) is 81.4 cm³/mol. The van der Waals surface area contributed by atoms with Crippen LogP contribution in [0.15, 0.2) is 22.7 Å². The molecule has 104 valence electrons. The predicted octanol–water partition coefficient (Wildman–Crippen LogP) is 1.99. The Morgan fingerprint density at radius 3 is 3.05 bits per heavy atom. The molecule has 1 atom stereocenters. The molecule has 0 saturated carbocycles. The number of nitrogens with one attached hydrogen (secondary N) is 2. The van der Waals surface area contributed by atoms with Gasteiger partial charge in [-0.2, -0.15) is 0 Å². The van der Waals surface area contributed by atoms with Crippen molar-refractivity contribution in [2.24, 2.45) is 0 Å². The van der Waals surface area contributed by atoms with E-state index < -0.39 is 0 Å². The molecule has 1 heterocycles. The van der Waals surface area contributed by atoms with Gasteiger partial charge in [-0.05, 0) is 47.5 Å². The molecule has 2 N–H and O–H groups in total. The van der Waals surface area contributed by atoms with Crippen LogP contribution in [-0.2, 0) is 4.79 Å². The fourth-order valence-electron chi connectivity index (χ4n) is 2.27. The first-order valence-corrected chi connectivity index (χ1v) is 7.35. The summed E-state index contributed by atoms with van der Waals surface area (Å²) in [5, 5.41) is 6.32. The lowest BCUT2D eigenvalue weighted by Crippen LogP contribution is -2.51. The zero-order chi connectivity index (χ0) is 13.8. The number of halogens is 1. The third-order valence-corrected chi connectivity index (χ3v) is 3.87. The average molecular weight is 326 g/mol. The van der Waals surface area contributed by atoms with Crippen LogP contribution in [0.5, 0.6) is 0 Å². The fourth-order valence-corrected chi connectivity index (χ4v) is 2.86. The maximum atomic E-state index is 12.0. The van der Waals surface area contributed by atoms with E-state index in [2.05, 4.69) is 38.4 Å². The Morgan fingerprint density at radius 1 is 1.58 bits per heavy atom. The summed E-state index contributed by atoms with van der Waals surface area (Å²) in [6, 6.07) is 6.38. The van der Waals surface area contributed by atoms with Gasteiger partial charge in [-0.1, -0.05) is 6.07 Å². The van der Waals surface area contributed by atoms with Gasteiger partial charge in [0, 0.05) is 30.1 Å². The molecule has 5 heteroatoms. The lowest BCUT2D eigenvalue weighted by Gasteiger charge is -2.31. The van der Waals surface area contributed by atoms with Crippen LogP contribution in [-0.4, -0.2) is 43.0 Å². The van der Waals surface area contributed by atoms with E-state index >= 15 is 0 Å². The summed E-state index contributed by atoms with van der Waals surface area (Å²) in [6.45, 7) is 7.41. The van der Waals surface area contributed by atoms with Crippen LogP contribution in [0.2, 0.25) is 0 Å². The number of hydrogen-bond acceptors (Lipinski definition) is 3. The first-order chi connectivity index (χ1) is 9.04. The van der Waals surface area contributed by atoms with Gasteiger partial charge in [0.1, 0.15) is 0 Å². The normalized spacial score (nSPS) is 20.3. The number of carbonyl (C=O) groups excluding carboxylic acids is 1. The number of amides is 1. The maximum Gasteiger partial charge on any atom is 0.238 e. The summed E-state index contributed by atoms with van der Waals surface area (Å²) in [4.78, 5) is 14.2. The summed E-state index contributed by atoms with van der Waals surface area (Å²) in [7, 11) is 0. The molecule has 1 aliphatic heterocycles. The number of aryl methyl sites for hydroxylation is 1. The number of benzene rings is 1. The molecule has 0 aliphatic carbocycles. The van der Waals surface area contributed by atoms with E-state index in [9.17, 15) is 4.79 Å². The van der Waals surface area contributed by atoms with Crippen LogP contribution >= 0.6 is 15.9 Å². The Hall–Kier alpha value is -0.910. The largest absolute Gasteiger partial charge is 0.324 e. The Labute approximate surface area is 122 Å². The van der Waals surface area contributed by atoms with E-state index in [1.807, 2.05) is 25.1 Å². The molecule has 0 aromatic heterocycles. The SMILES string of the molecule is Cc1ccc(NC(=O)CN2CCN[C@H](C)C2)c(Br)c1. The van der Waals surface area contributed by atoms with E-state index in [-0.39, 0.29) is 5.91 Å². The van der Waals surface area contributed by atoms with E-state index in [1.165, 1.54) is 5.56 Å². The van der Waals surface area contributed by atoms with Gasteiger partial charge in [0.25, 0.3) is 0 Å². The number of piperazine rings is 1. The minimum atomic E-state index is 0.0404. The molecule has 19 heavy (non-hydrogen) atoms. The zero-order valence-electron chi connectivity index (χ0n) is 11.4. The smallest absolute Gasteiger partial charge is 0.238 e. The standard InChI is InChI=1S/C14H20BrN3O/c1-10-3-4-13(12(15)7-10)17-14(19)9-18-6-5-16-11(2)8-18/h3-4,7,11,16H,5-6,8-9H2,1-2H3,(H,17,19)/t11-/m1/s1. The fraction of sp³-hybridized carbons (Fsp3) is 0.500. The van der Waals surface area contributed by atoms with Gasteiger partial charge in [0.05, 0.1) is 12.2 Å². The topological polar surface area (TPSA) is 44.4 Å². The Balaban J connectivity index is 1.90. The van der Waals surface area contributed by atoms with Crippen LogP contribution < -0.4 is 10.6 Å². The number of carbonyl (C=O) groups is 1. The average Bonchev–Trinajstić information content (AvgIpc) is 2.33. The summed E-state index contributed by atoms with van der Waals surface area (Å²) in [5.74, 6) is 0.0404. The second-order valence-electron chi connectivity index (χ2n) is 5.12. The summed E-state index contributed by atoms with van der Waals surface area (Å²) < 4.78 is 0.925. The summed E-state index contributed by atoms with van der Waals surface area (Å²) in [6.07, 6.45) is 0. The first kappa shape index (κ1) is 14.5.